The van der Waals surface area contributed by atoms with Crippen LogP contribution in [0.1, 0.15) is 45.2 Å². The van der Waals surface area contributed by atoms with E-state index in [4.69, 9.17) is 10.00 Å². The number of benzene rings is 1. The number of ether oxygens (including phenoxy) is 1. The molecule has 0 heterocycles. The van der Waals surface area contributed by atoms with Crippen molar-refractivity contribution in [3.63, 3.8) is 0 Å². The van der Waals surface area contributed by atoms with Gasteiger partial charge < -0.3 is 10.1 Å². The first-order valence-electron chi connectivity index (χ1n) is 7.22. The zero-order valence-electron chi connectivity index (χ0n) is 13.5. The van der Waals surface area contributed by atoms with Gasteiger partial charge in [0, 0.05) is 12.0 Å². The number of aryl methyl sites for hydroxylation is 1. The second-order valence-electron chi connectivity index (χ2n) is 6.18. The third-order valence-corrected chi connectivity index (χ3v) is 2.88. The molecule has 118 valence electrons. The van der Waals surface area contributed by atoms with E-state index in [9.17, 15) is 9.59 Å². The highest BCUT2D eigenvalue weighted by atomic mass is 16.5. The normalized spacial score (nSPS) is 12.1. The molecule has 0 bridgehead atoms. The summed E-state index contributed by atoms with van der Waals surface area (Å²) in [5.74, 6) is -0.722. The highest BCUT2D eigenvalue weighted by Crippen LogP contribution is 2.08. The van der Waals surface area contributed by atoms with E-state index in [1.807, 2.05) is 39.0 Å². The SMILES string of the molecule is CC(OC(=O)CCc1ccc(C#N)cc1)C(=O)NC(C)(C)C. The van der Waals surface area contributed by atoms with Crippen LogP contribution in [0.3, 0.4) is 0 Å². The van der Waals surface area contributed by atoms with Gasteiger partial charge in [-0.25, -0.2) is 0 Å². The van der Waals surface area contributed by atoms with Crippen molar-refractivity contribution in [1.82, 2.24) is 5.32 Å². The molecule has 0 saturated carbocycles. The van der Waals surface area contributed by atoms with Crippen molar-refractivity contribution < 1.29 is 14.3 Å². The van der Waals surface area contributed by atoms with Crippen LogP contribution in [0.2, 0.25) is 0 Å². The van der Waals surface area contributed by atoms with Gasteiger partial charge in [-0.05, 0) is 51.8 Å². The number of nitrogens with one attached hydrogen (secondary N) is 1. The number of esters is 1. The van der Waals surface area contributed by atoms with E-state index in [2.05, 4.69) is 5.32 Å². The smallest absolute Gasteiger partial charge is 0.306 e. The van der Waals surface area contributed by atoms with Gasteiger partial charge >= 0.3 is 5.97 Å². The molecule has 1 rings (SSSR count). The molecule has 0 aliphatic heterocycles. The third-order valence-electron chi connectivity index (χ3n) is 2.88. The third kappa shape index (κ3) is 6.40. The summed E-state index contributed by atoms with van der Waals surface area (Å²) in [6.07, 6.45) is -0.107. The van der Waals surface area contributed by atoms with E-state index in [1.54, 1.807) is 19.1 Å². The van der Waals surface area contributed by atoms with Crippen LogP contribution in [0.5, 0.6) is 0 Å². The summed E-state index contributed by atoms with van der Waals surface area (Å²) in [5.41, 5.74) is 1.17. The minimum absolute atomic E-state index is 0.193. The summed E-state index contributed by atoms with van der Waals surface area (Å²) < 4.78 is 5.12. The van der Waals surface area contributed by atoms with Crippen molar-refractivity contribution in [3.8, 4) is 6.07 Å². The van der Waals surface area contributed by atoms with Crippen LogP contribution in [-0.4, -0.2) is 23.5 Å². The van der Waals surface area contributed by atoms with Crippen LogP contribution >= 0.6 is 0 Å². The van der Waals surface area contributed by atoms with Crippen molar-refractivity contribution in [3.05, 3.63) is 35.4 Å². The molecule has 1 unspecified atom stereocenters. The molecule has 0 aliphatic carbocycles. The van der Waals surface area contributed by atoms with Gasteiger partial charge in [0.2, 0.25) is 0 Å². The quantitative estimate of drug-likeness (QED) is 0.847. The number of hydrogen-bond acceptors (Lipinski definition) is 4. The molecule has 1 amide bonds. The summed E-state index contributed by atoms with van der Waals surface area (Å²) in [6, 6.07) is 9.07. The molecule has 0 fully saturated rings. The Balaban J connectivity index is 2.42. The first kappa shape index (κ1) is 17.7. The number of rotatable bonds is 5. The van der Waals surface area contributed by atoms with Crippen LogP contribution in [0.4, 0.5) is 0 Å². The van der Waals surface area contributed by atoms with E-state index in [0.29, 0.717) is 12.0 Å². The maximum absolute atomic E-state index is 11.8. The number of carbonyl (C=O) groups excluding carboxylic acids is 2. The molecular weight excluding hydrogens is 280 g/mol. The Kier molecular flexibility index (Phi) is 6.11. The number of carbonyl (C=O) groups is 2. The summed E-state index contributed by atoms with van der Waals surface area (Å²) in [4.78, 5) is 23.6. The van der Waals surface area contributed by atoms with E-state index in [-0.39, 0.29) is 17.9 Å². The zero-order chi connectivity index (χ0) is 16.8. The molecule has 1 aromatic rings. The Bertz CT molecular complexity index is 565. The number of amides is 1. The second-order valence-corrected chi connectivity index (χ2v) is 6.18. The van der Waals surface area contributed by atoms with Gasteiger partial charge in [-0.15, -0.1) is 0 Å². The molecule has 5 nitrogen and oxygen atoms in total. The topological polar surface area (TPSA) is 79.2 Å². The van der Waals surface area contributed by atoms with Crippen LogP contribution in [0, 0.1) is 11.3 Å². The minimum atomic E-state index is -0.812. The predicted molar refractivity (Wildman–Crippen MR) is 82.9 cm³/mol. The van der Waals surface area contributed by atoms with E-state index in [1.165, 1.54) is 0 Å². The van der Waals surface area contributed by atoms with Gasteiger partial charge in [0.25, 0.3) is 5.91 Å². The van der Waals surface area contributed by atoms with Crippen molar-refractivity contribution in [2.45, 2.75) is 52.2 Å². The van der Waals surface area contributed by atoms with Gasteiger partial charge in [0.15, 0.2) is 6.10 Å². The van der Waals surface area contributed by atoms with Gasteiger partial charge in [-0.3, -0.25) is 9.59 Å². The molecule has 0 saturated heterocycles. The monoisotopic (exact) mass is 302 g/mol. The van der Waals surface area contributed by atoms with Crippen LogP contribution < -0.4 is 5.32 Å². The molecule has 0 aliphatic rings. The first-order valence-corrected chi connectivity index (χ1v) is 7.22. The maximum atomic E-state index is 11.8. The average molecular weight is 302 g/mol. The standard InChI is InChI=1S/C17H22N2O3/c1-12(16(21)19-17(2,3)4)22-15(20)10-9-13-5-7-14(11-18)8-6-13/h5-8,12H,9-10H2,1-4H3,(H,19,21). The lowest BCUT2D eigenvalue weighted by molar-refractivity contribution is -0.155. The lowest BCUT2D eigenvalue weighted by Crippen LogP contribution is -2.46. The lowest BCUT2D eigenvalue weighted by atomic mass is 10.1. The van der Waals surface area contributed by atoms with Crippen molar-refractivity contribution >= 4 is 11.9 Å². The largest absolute Gasteiger partial charge is 0.453 e. The first-order chi connectivity index (χ1) is 10.2. The predicted octanol–water partition coefficient (Wildman–Crippen LogP) is 2.34. The summed E-state index contributed by atoms with van der Waals surface area (Å²) in [7, 11) is 0. The number of nitrogens with zero attached hydrogens (tertiary/aromatic N) is 1. The maximum Gasteiger partial charge on any atom is 0.306 e. The summed E-state index contributed by atoms with van der Waals surface area (Å²) >= 11 is 0. The second kappa shape index (κ2) is 7.60. The van der Waals surface area contributed by atoms with Crippen LogP contribution in [-0.2, 0) is 20.7 Å². The molecule has 1 N–H and O–H groups in total. The fourth-order valence-corrected chi connectivity index (χ4v) is 1.77. The zero-order valence-corrected chi connectivity index (χ0v) is 13.5. The van der Waals surface area contributed by atoms with Crippen molar-refractivity contribution in [1.29, 1.82) is 5.26 Å². The molecule has 1 atom stereocenters. The molecule has 0 spiro atoms. The Labute approximate surface area is 131 Å². The fourth-order valence-electron chi connectivity index (χ4n) is 1.77. The lowest BCUT2D eigenvalue weighted by Gasteiger charge is -2.23. The van der Waals surface area contributed by atoms with E-state index in [0.717, 1.165) is 5.56 Å². The molecular formula is C17H22N2O3. The Morgan fingerprint density at radius 2 is 1.86 bits per heavy atom. The van der Waals surface area contributed by atoms with Crippen LogP contribution in [0.15, 0.2) is 24.3 Å². The van der Waals surface area contributed by atoms with Crippen molar-refractivity contribution in [2.24, 2.45) is 0 Å². The number of nitriles is 1. The number of hydrogen-bond donors (Lipinski definition) is 1. The summed E-state index contributed by atoms with van der Waals surface area (Å²) in [6.45, 7) is 7.15. The highest BCUT2D eigenvalue weighted by molar-refractivity contribution is 5.83. The fraction of sp³-hybridized carbons (Fsp3) is 0.471. The molecule has 5 heteroatoms. The molecule has 0 aromatic heterocycles. The van der Waals surface area contributed by atoms with Crippen molar-refractivity contribution in [2.75, 3.05) is 0 Å². The summed E-state index contributed by atoms with van der Waals surface area (Å²) in [5, 5.41) is 11.5. The molecule has 22 heavy (non-hydrogen) atoms. The van der Waals surface area contributed by atoms with E-state index >= 15 is 0 Å². The van der Waals surface area contributed by atoms with Gasteiger partial charge in [0.1, 0.15) is 0 Å². The van der Waals surface area contributed by atoms with Gasteiger partial charge in [-0.2, -0.15) is 5.26 Å². The van der Waals surface area contributed by atoms with E-state index < -0.39 is 12.1 Å². The van der Waals surface area contributed by atoms with Gasteiger partial charge in [-0.1, -0.05) is 12.1 Å². The Morgan fingerprint density at radius 1 is 1.27 bits per heavy atom. The molecule has 1 aromatic carbocycles. The molecule has 0 radical (unpaired) electrons. The van der Waals surface area contributed by atoms with Gasteiger partial charge in [0.05, 0.1) is 11.6 Å². The average Bonchev–Trinajstić information content (AvgIpc) is 2.43. The van der Waals surface area contributed by atoms with Crippen LogP contribution in [0.25, 0.3) is 0 Å². The Hall–Kier alpha value is -2.35. The Morgan fingerprint density at radius 3 is 2.36 bits per heavy atom. The minimum Gasteiger partial charge on any atom is -0.453 e. The highest BCUT2D eigenvalue weighted by Gasteiger charge is 2.22.